The van der Waals surface area contributed by atoms with Gasteiger partial charge in [-0.25, -0.2) is 0 Å². The summed E-state index contributed by atoms with van der Waals surface area (Å²) in [5.74, 6) is 0.941. The maximum Gasteiger partial charge on any atom is 0.220 e. The van der Waals surface area contributed by atoms with E-state index in [9.17, 15) is 9.59 Å². The summed E-state index contributed by atoms with van der Waals surface area (Å²) < 4.78 is 10.9. The number of rotatable bonds is 6. The molecule has 1 amide bonds. The van der Waals surface area contributed by atoms with Crippen molar-refractivity contribution in [2.45, 2.75) is 25.8 Å². The first-order valence-corrected chi connectivity index (χ1v) is 8.26. The zero-order chi connectivity index (χ0) is 17.6. The van der Waals surface area contributed by atoms with Crippen LogP contribution in [0.1, 0.15) is 41.9 Å². The Hall–Kier alpha value is -2.89. The van der Waals surface area contributed by atoms with Gasteiger partial charge in [-0.3, -0.25) is 14.6 Å². The molecule has 1 N–H and O–H groups in total. The Labute approximate surface area is 146 Å². The molecule has 130 valence electrons. The van der Waals surface area contributed by atoms with Crippen molar-refractivity contribution in [2.24, 2.45) is 0 Å². The van der Waals surface area contributed by atoms with Crippen LogP contribution in [0.4, 0.5) is 0 Å². The van der Waals surface area contributed by atoms with Crippen LogP contribution in [0.15, 0.2) is 42.6 Å². The molecule has 0 bridgehead atoms. The van der Waals surface area contributed by atoms with Gasteiger partial charge in [0, 0.05) is 24.6 Å². The number of ether oxygens (including phenoxy) is 2. The van der Waals surface area contributed by atoms with E-state index in [-0.39, 0.29) is 30.6 Å². The molecule has 6 nitrogen and oxygen atoms in total. The van der Waals surface area contributed by atoms with Gasteiger partial charge in [0.2, 0.25) is 5.91 Å². The maximum atomic E-state index is 12.3. The molecule has 1 aromatic heterocycles. The molecule has 1 atom stereocenters. The molecular formula is C19H20N2O4. The third-order valence-electron chi connectivity index (χ3n) is 3.95. The number of amides is 1. The number of fused-ring (bicyclic) bond motifs is 1. The number of benzene rings is 1. The molecule has 0 saturated carbocycles. The Morgan fingerprint density at radius 1 is 1.12 bits per heavy atom. The zero-order valence-electron chi connectivity index (χ0n) is 14.0. The predicted molar refractivity (Wildman–Crippen MR) is 91.8 cm³/mol. The number of hydrogen-bond acceptors (Lipinski definition) is 5. The number of nitrogens with one attached hydrogen (secondary N) is 1. The summed E-state index contributed by atoms with van der Waals surface area (Å²) in [6.45, 7) is 2.84. The van der Waals surface area contributed by atoms with Gasteiger partial charge in [0.1, 0.15) is 13.2 Å². The van der Waals surface area contributed by atoms with Crippen molar-refractivity contribution in [1.82, 2.24) is 10.3 Å². The van der Waals surface area contributed by atoms with Gasteiger partial charge in [-0.05, 0) is 37.3 Å². The second-order valence-electron chi connectivity index (χ2n) is 5.83. The van der Waals surface area contributed by atoms with Crippen molar-refractivity contribution < 1.29 is 19.1 Å². The van der Waals surface area contributed by atoms with Gasteiger partial charge in [0.05, 0.1) is 11.7 Å². The Morgan fingerprint density at radius 3 is 2.68 bits per heavy atom. The Balaban J connectivity index is 1.52. The highest BCUT2D eigenvalue weighted by Crippen LogP contribution is 2.31. The molecule has 3 rings (SSSR count). The molecule has 0 aliphatic carbocycles. The van der Waals surface area contributed by atoms with Crippen LogP contribution in [0, 0.1) is 0 Å². The van der Waals surface area contributed by atoms with Crippen LogP contribution in [0.2, 0.25) is 0 Å². The lowest BCUT2D eigenvalue weighted by molar-refractivity contribution is -0.121. The SMILES string of the molecule is C[C@@H](NC(=O)CCC(=O)c1ccc2c(c1)OCCO2)c1ccccn1. The monoisotopic (exact) mass is 340 g/mol. The highest BCUT2D eigenvalue weighted by Gasteiger charge is 2.16. The molecule has 2 heterocycles. The number of ketones is 1. The number of aromatic nitrogens is 1. The molecular weight excluding hydrogens is 320 g/mol. The fourth-order valence-corrected chi connectivity index (χ4v) is 2.61. The van der Waals surface area contributed by atoms with Crippen LogP contribution in [0.3, 0.4) is 0 Å². The Morgan fingerprint density at radius 2 is 1.92 bits per heavy atom. The summed E-state index contributed by atoms with van der Waals surface area (Å²) in [5.41, 5.74) is 1.31. The largest absolute Gasteiger partial charge is 0.486 e. The van der Waals surface area contributed by atoms with Crippen molar-refractivity contribution in [3.8, 4) is 11.5 Å². The molecule has 1 aliphatic rings. The number of carbonyl (C=O) groups is 2. The predicted octanol–water partition coefficient (Wildman–Crippen LogP) is 2.69. The fraction of sp³-hybridized carbons (Fsp3) is 0.316. The second kappa shape index (κ2) is 7.79. The van der Waals surface area contributed by atoms with Crippen molar-refractivity contribution in [3.05, 3.63) is 53.9 Å². The van der Waals surface area contributed by atoms with Crippen molar-refractivity contribution in [1.29, 1.82) is 0 Å². The van der Waals surface area contributed by atoms with Crippen LogP contribution in [-0.2, 0) is 4.79 Å². The Kier molecular flexibility index (Phi) is 5.28. The van der Waals surface area contributed by atoms with Gasteiger partial charge in [-0.2, -0.15) is 0 Å². The first kappa shape index (κ1) is 17.0. The van der Waals surface area contributed by atoms with E-state index in [4.69, 9.17) is 9.47 Å². The quantitative estimate of drug-likeness (QED) is 0.818. The molecule has 0 saturated heterocycles. The van der Waals surface area contributed by atoms with Crippen molar-refractivity contribution in [2.75, 3.05) is 13.2 Å². The molecule has 25 heavy (non-hydrogen) atoms. The van der Waals surface area contributed by atoms with Gasteiger partial charge < -0.3 is 14.8 Å². The minimum atomic E-state index is -0.196. The number of hydrogen-bond donors (Lipinski definition) is 1. The third kappa shape index (κ3) is 4.35. The molecule has 0 spiro atoms. The van der Waals surface area contributed by atoms with E-state index < -0.39 is 0 Å². The lowest BCUT2D eigenvalue weighted by Crippen LogP contribution is -2.27. The molecule has 1 aliphatic heterocycles. The van der Waals surface area contributed by atoms with Gasteiger partial charge in [-0.15, -0.1) is 0 Å². The molecule has 0 radical (unpaired) electrons. The van der Waals surface area contributed by atoms with Gasteiger partial charge in [-0.1, -0.05) is 6.07 Å². The maximum absolute atomic E-state index is 12.3. The topological polar surface area (TPSA) is 77.5 Å². The second-order valence-corrected chi connectivity index (χ2v) is 5.83. The van der Waals surface area contributed by atoms with E-state index in [2.05, 4.69) is 10.3 Å². The molecule has 2 aromatic rings. The van der Waals surface area contributed by atoms with Gasteiger partial charge in [0.15, 0.2) is 17.3 Å². The number of carbonyl (C=O) groups excluding carboxylic acids is 2. The summed E-state index contributed by atoms with van der Waals surface area (Å²) in [6.07, 6.45) is 1.95. The van der Waals surface area contributed by atoms with Crippen LogP contribution < -0.4 is 14.8 Å². The first-order chi connectivity index (χ1) is 12.1. The molecule has 1 aromatic carbocycles. The van der Waals surface area contributed by atoms with Crippen LogP contribution >= 0.6 is 0 Å². The van der Waals surface area contributed by atoms with E-state index >= 15 is 0 Å². The van der Waals surface area contributed by atoms with E-state index in [0.717, 1.165) is 5.69 Å². The number of Topliss-reactive ketones (excluding diaryl/α,β-unsaturated/α-hetero) is 1. The van der Waals surface area contributed by atoms with E-state index in [0.29, 0.717) is 30.3 Å². The minimum absolute atomic E-state index is 0.0994. The van der Waals surface area contributed by atoms with Crippen molar-refractivity contribution >= 4 is 11.7 Å². The Bertz CT molecular complexity index is 761. The lowest BCUT2D eigenvalue weighted by atomic mass is 10.1. The highest BCUT2D eigenvalue weighted by atomic mass is 16.6. The summed E-state index contributed by atoms with van der Waals surface area (Å²) >= 11 is 0. The average Bonchev–Trinajstić information content (AvgIpc) is 2.66. The standard InChI is InChI=1S/C19H20N2O4/c1-13(15-4-2-3-9-20-15)21-19(23)8-6-16(22)14-5-7-17-18(12-14)25-11-10-24-17/h2-5,7,9,12-13H,6,8,10-11H2,1H3,(H,21,23)/t13-/m1/s1. The van der Waals surface area contributed by atoms with E-state index in [1.165, 1.54) is 0 Å². The van der Waals surface area contributed by atoms with E-state index in [1.54, 1.807) is 24.4 Å². The number of pyridine rings is 1. The lowest BCUT2D eigenvalue weighted by Gasteiger charge is -2.18. The third-order valence-corrected chi connectivity index (χ3v) is 3.95. The van der Waals surface area contributed by atoms with E-state index in [1.807, 2.05) is 25.1 Å². The van der Waals surface area contributed by atoms with Gasteiger partial charge in [0.25, 0.3) is 0 Å². The van der Waals surface area contributed by atoms with Gasteiger partial charge >= 0.3 is 0 Å². The molecule has 0 fully saturated rings. The summed E-state index contributed by atoms with van der Waals surface area (Å²) in [6, 6.07) is 10.4. The normalized spacial score (nSPS) is 13.8. The number of nitrogens with zero attached hydrogens (tertiary/aromatic N) is 1. The van der Waals surface area contributed by atoms with Crippen molar-refractivity contribution in [3.63, 3.8) is 0 Å². The average molecular weight is 340 g/mol. The highest BCUT2D eigenvalue weighted by molar-refractivity contribution is 5.98. The molecule has 0 unspecified atom stereocenters. The first-order valence-electron chi connectivity index (χ1n) is 8.26. The summed E-state index contributed by atoms with van der Waals surface area (Å²) in [5, 5.41) is 2.85. The zero-order valence-corrected chi connectivity index (χ0v) is 14.0. The molecule has 6 heteroatoms. The summed E-state index contributed by atoms with van der Waals surface area (Å²) in [4.78, 5) is 28.6. The fourth-order valence-electron chi connectivity index (χ4n) is 2.61. The summed E-state index contributed by atoms with van der Waals surface area (Å²) in [7, 11) is 0. The van der Waals surface area contributed by atoms with Crippen LogP contribution in [0.25, 0.3) is 0 Å². The minimum Gasteiger partial charge on any atom is -0.486 e. The van der Waals surface area contributed by atoms with Crippen LogP contribution in [-0.4, -0.2) is 29.9 Å². The smallest absolute Gasteiger partial charge is 0.220 e. The van der Waals surface area contributed by atoms with Crippen LogP contribution in [0.5, 0.6) is 11.5 Å².